The predicted octanol–water partition coefficient (Wildman–Crippen LogP) is 0.939. The zero-order valence-corrected chi connectivity index (χ0v) is 7.02. The molecule has 5 nitrogen and oxygen atoms in total. The molecule has 0 aliphatic rings. The summed E-state index contributed by atoms with van der Waals surface area (Å²) in [5, 5.41) is 3.86. The number of nitrogens with two attached hydrogens (primary N) is 1. The highest BCUT2D eigenvalue weighted by Crippen LogP contribution is 2.13. The molecule has 1 aromatic heterocycles. The van der Waals surface area contributed by atoms with Crippen molar-refractivity contribution in [1.29, 1.82) is 0 Å². The molecule has 1 heterocycles. The van der Waals surface area contributed by atoms with Crippen LogP contribution in [0.25, 0.3) is 0 Å². The van der Waals surface area contributed by atoms with Crippen molar-refractivity contribution in [3.8, 4) is 0 Å². The van der Waals surface area contributed by atoms with Gasteiger partial charge in [-0.2, -0.15) is 5.10 Å². The summed E-state index contributed by atoms with van der Waals surface area (Å²) >= 11 is 0. The van der Waals surface area contributed by atoms with E-state index >= 15 is 0 Å². The highest BCUT2D eigenvalue weighted by molar-refractivity contribution is 7.17. The maximum atomic E-state index is 10.1. The Labute approximate surface area is 65.4 Å². The summed E-state index contributed by atoms with van der Waals surface area (Å²) in [5.74, 6) is 0.426. The first-order valence-corrected chi connectivity index (χ1v) is 3.89. The lowest BCUT2D eigenvalue weighted by atomic mass is 10.6. The van der Waals surface area contributed by atoms with Crippen LogP contribution in [0.3, 0.4) is 0 Å². The lowest BCUT2D eigenvalue weighted by Gasteiger charge is -2.01. The summed E-state index contributed by atoms with van der Waals surface area (Å²) in [7, 11) is -0.779. The van der Waals surface area contributed by atoms with Gasteiger partial charge in [0.2, 0.25) is 6.23 Å². The maximum absolute atomic E-state index is 10.1. The zero-order valence-electron chi connectivity index (χ0n) is 6.02. The number of anilines is 1. The minimum atomic E-state index is -0.779. The van der Waals surface area contributed by atoms with Crippen LogP contribution in [0.15, 0.2) is 12.3 Å². The lowest BCUT2D eigenvalue weighted by Crippen LogP contribution is -2.05. The number of hydrogen-bond acceptors (Lipinski definition) is 4. The summed E-state index contributed by atoms with van der Waals surface area (Å²) in [5.41, 5.74) is 5.35. The van der Waals surface area contributed by atoms with E-state index in [0.29, 0.717) is 5.82 Å². The van der Waals surface area contributed by atoms with E-state index in [1.165, 1.54) is 4.68 Å². The molecule has 1 rings (SSSR count). The molecule has 0 aromatic carbocycles. The topological polar surface area (TPSA) is 70.1 Å². The Hall–Kier alpha value is -0.930. The van der Waals surface area contributed by atoms with Crippen molar-refractivity contribution in [2.24, 2.45) is 0 Å². The van der Waals surface area contributed by atoms with Gasteiger partial charge in [0.15, 0.2) is 0 Å². The van der Waals surface area contributed by atoms with Crippen LogP contribution in [0, 0.1) is 0 Å². The molecule has 0 aliphatic heterocycles. The van der Waals surface area contributed by atoms with Gasteiger partial charge in [0.25, 0.3) is 0 Å². The van der Waals surface area contributed by atoms with Crippen LogP contribution in [0.5, 0.6) is 0 Å². The second-order valence-electron chi connectivity index (χ2n) is 2.02. The van der Waals surface area contributed by atoms with E-state index in [1.54, 1.807) is 19.2 Å². The highest BCUT2D eigenvalue weighted by Gasteiger charge is 2.09. The first-order valence-electron chi connectivity index (χ1n) is 3.07. The Balaban J connectivity index is 2.67. The van der Waals surface area contributed by atoms with Crippen LogP contribution in [-0.2, 0) is 9.09 Å². The van der Waals surface area contributed by atoms with Crippen LogP contribution in [-0.4, -0.2) is 9.78 Å². The van der Waals surface area contributed by atoms with Gasteiger partial charge in [-0.3, -0.25) is 0 Å². The zero-order chi connectivity index (χ0) is 8.27. The van der Waals surface area contributed by atoms with Crippen molar-refractivity contribution >= 4 is 14.5 Å². The number of rotatable bonds is 3. The fourth-order valence-electron chi connectivity index (χ4n) is 0.679. The predicted molar refractivity (Wildman–Crippen MR) is 41.4 cm³/mol. The summed E-state index contributed by atoms with van der Waals surface area (Å²) in [4.78, 5) is 0. The van der Waals surface area contributed by atoms with Crippen molar-refractivity contribution in [3.63, 3.8) is 0 Å². The minimum absolute atomic E-state index is 0.330. The number of aromatic nitrogens is 2. The second kappa shape index (κ2) is 3.46. The van der Waals surface area contributed by atoms with Crippen LogP contribution in [0.2, 0.25) is 0 Å². The summed E-state index contributed by atoms with van der Waals surface area (Å²) in [6, 6.07) is 1.65. The van der Waals surface area contributed by atoms with E-state index in [4.69, 9.17) is 10.3 Å². The first kappa shape index (κ1) is 8.17. The van der Waals surface area contributed by atoms with Crippen molar-refractivity contribution in [1.82, 2.24) is 9.78 Å². The number of hydrogen-bond donors (Lipinski definition) is 1. The summed E-state index contributed by atoms with van der Waals surface area (Å²) in [6.45, 7) is 1.73. The molecule has 2 N–H and O–H groups in total. The van der Waals surface area contributed by atoms with Gasteiger partial charge in [-0.15, -0.1) is 4.52 Å². The third-order valence-corrected chi connectivity index (χ3v) is 1.66. The SMILES string of the molecule is CC(O[PH+]=O)n1ccc(N)n1. The standard InChI is InChI=1S/C5H9N3O2P/c1-4(10-11-9)8-3-2-5(6)7-8/h2-4,11H,1H3,(H2,6,7)/q+1. The Morgan fingerprint density at radius 1 is 1.91 bits per heavy atom. The van der Waals surface area contributed by atoms with Crippen LogP contribution in [0.1, 0.15) is 13.2 Å². The third-order valence-electron chi connectivity index (χ3n) is 1.22. The van der Waals surface area contributed by atoms with Crippen molar-refractivity contribution in [3.05, 3.63) is 12.3 Å². The lowest BCUT2D eigenvalue weighted by molar-refractivity contribution is 0.157. The van der Waals surface area contributed by atoms with Gasteiger partial charge < -0.3 is 5.73 Å². The summed E-state index contributed by atoms with van der Waals surface area (Å²) < 4.78 is 16.3. The second-order valence-corrected chi connectivity index (χ2v) is 2.42. The fraction of sp³-hybridized carbons (Fsp3) is 0.400. The van der Waals surface area contributed by atoms with Gasteiger partial charge in [-0.05, 0) is 11.5 Å². The quantitative estimate of drug-likeness (QED) is 0.692. The molecule has 0 saturated heterocycles. The molecule has 6 heteroatoms. The average molecular weight is 174 g/mol. The Morgan fingerprint density at radius 3 is 3.09 bits per heavy atom. The third kappa shape index (κ3) is 2.00. The number of nitrogen functional groups attached to an aromatic ring is 1. The van der Waals surface area contributed by atoms with Crippen LogP contribution in [0.4, 0.5) is 5.82 Å². The molecular weight excluding hydrogens is 165 g/mol. The van der Waals surface area contributed by atoms with Crippen LogP contribution < -0.4 is 5.73 Å². The van der Waals surface area contributed by atoms with Gasteiger partial charge in [-0.1, -0.05) is 0 Å². The largest absolute Gasteiger partial charge is 0.496 e. The van der Waals surface area contributed by atoms with Crippen molar-refractivity contribution in [2.75, 3.05) is 5.73 Å². The molecule has 0 aliphatic carbocycles. The first-order chi connectivity index (χ1) is 5.24. The van der Waals surface area contributed by atoms with Gasteiger partial charge >= 0.3 is 8.69 Å². The molecule has 0 bridgehead atoms. The fourth-order valence-corrected chi connectivity index (χ4v) is 0.926. The Morgan fingerprint density at radius 2 is 2.64 bits per heavy atom. The summed E-state index contributed by atoms with van der Waals surface area (Å²) in [6.07, 6.45) is 1.34. The van der Waals surface area contributed by atoms with Gasteiger partial charge in [0.1, 0.15) is 5.82 Å². The molecule has 2 atom stereocenters. The normalized spacial score (nSPS) is 13.5. The molecule has 2 unspecified atom stereocenters. The van der Waals surface area contributed by atoms with Crippen molar-refractivity contribution in [2.45, 2.75) is 13.2 Å². The van der Waals surface area contributed by atoms with E-state index in [9.17, 15) is 4.57 Å². The molecule has 11 heavy (non-hydrogen) atoms. The molecule has 0 spiro atoms. The van der Waals surface area contributed by atoms with Gasteiger partial charge in [0.05, 0.1) is 0 Å². The Kier molecular flexibility index (Phi) is 2.57. The van der Waals surface area contributed by atoms with E-state index in [1.807, 2.05) is 0 Å². The van der Waals surface area contributed by atoms with E-state index < -0.39 is 8.69 Å². The molecule has 0 amide bonds. The molecular formula is C5H9N3O2P+. The van der Waals surface area contributed by atoms with E-state index in [2.05, 4.69) is 5.10 Å². The van der Waals surface area contributed by atoms with Gasteiger partial charge in [-0.25, -0.2) is 4.68 Å². The molecule has 0 saturated carbocycles. The highest BCUT2D eigenvalue weighted by atomic mass is 31.1. The molecule has 60 valence electrons. The Bertz CT molecular complexity index is 250. The van der Waals surface area contributed by atoms with Gasteiger partial charge in [0, 0.05) is 12.3 Å². The average Bonchev–Trinajstić information content (AvgIpc) is 2.36. The van der Waals surface area contributed by atoms with E-state index in [-0.39, 0.29) is 6.23 Å². The number of nitrogens with zero attached hydrogens (tertiary/aromatic N) is 2. The molecule has 0 fully saturated rings. The van der Waals surface area contributed by atoms with E-state index in [0.717, 1.165) is 0 Å². The molecule has 1 aromatic rings. The maximum Gasteiger partial charge on any atom is 0.496 e. The van der Waals surface area contributed by atoms with Crippen LogP contribution >= 0.6 is 8.69 Å². The van der Waals surface area contributed by atoms with Crippen molar-refractivity contribution < 1.29 is 9.09 Å². The monoisotopic (exact) mass is 174 g/mol. The minimum Gasteiger partial charge on any atom is -0.382 e. The molecule has 0 radical (unpaired) electrons. The smallest absolute Gasteiger partial charge is 0.382 e.